The van der Waals surface area contributed by atoms with Crippen molar-refractivity contribution < 1.29 is 4.52 Å². The normalized spacial score (nSPS) is 10.6. The van der Waals surface area contributed by atoms with Gasteiger partial charge in [0.25, 0.3) is 0 Å². The monoisotopic (exact) mass is 197 g/mol. The van der Waals surface area contributed by atoms with Crippen LogP contribution in [0, 0.1) is 0 Å². The fourth-order valence-corrected chi connectivity index (χ4v) is 1.19. The molecule has 0 atom stereocenters. The van der Waals surface area contributed by atoms with E-state index in [-0.39, 0.29) is 0 Å². The number of nitrogens with one attached hydrogen (secondary N) is 2. The first-order valence-corrected chi connectivity index (χ1v) is 5.24. The molecule has 1 aromatic heterocycles. The van der Waals surface area contributed by atoms with Crippen LogP contribution in [0.15, 0.2) is 16.9 Å². The van der Waals surface area contributed by atoms with Crippen molar-refractivity contribution in [1.82, 2.24) is 15.8 Å². The van der Waals surface area contributed by atoms with Gasteiger partial charge >= 0.3 is 0 Å². The second-order valence-electron chi connectivity index (χ2n) is 3.27. The first kappa shape index (κ1) is 11.2. The maximum absolute atomic E-state index is 4.72. The van der Waals surface area contributed by atoms with E-state index in [9.17, 15) is 0 Å². The lowest BCUT2D eigenvalue weighted by molar-refractivity contribution is 0.408. The van der Waals surface area contributed by atoms with Crippen molar-refractivity contribution in [3.63, 3.8) is 0 Å². The molecule has 2 N–H and O–H groups in total. The van der Waals surface area contributed by atoms with E-state index >= 15 is 0 Å². The molecule has 1 heterocycles. The first-order chi connectivity index (χ1) is 6.93. The predicted molar refractivity (Wildman–Crippen MR) is 56.0 cm³/mol. The average Bonchev–Trinajstić information content (AvgIpc) is 2.69. The average molecular weight is 197 g/mol. The van der Waals surface area contributed by atoms with Crippen LogP contribution in [-0.4, -0.2) is 24.8 Å². The smallest absolute Gasteiger partial charge is 0.124 e. The molecule has 0 aliphatic carbocycles. The summed E-state index contributed by atoms with van der Waals surface area (Å²) >= 11 is 0. The van der Waals surface area contributed by atoms with E-state index in [4.69, 9.17) is 4.52 Å². The molecule has 0 spiro atoms. The van der Waals surface area contributed by atoms with Crippen molar-refractivity contribution in [3.05, 3.63) is 18.0 Å². The van der Waals surface area contributed by atoms with E-state index in [0.717, 1.165) is 38.3 Å². The number of hydrogen-bond acceptors (Lipinski definition) is 4. The van der Waals surface area contributed by atoms with Crippen molar-refractivity contribution in [3.8, 4) is 0 Å². The lowest BCUT2D eigenvalue weighted by atomic mass is 10.3. The van der Waals surface area contributed by atoms with Crippen LogP contribution in [0.5, 0.6) is 0 Å². The molecular weight excluding hydrogens is 178 g/mol. The highest BCUT2D eigenvalue weighted by Gasteiger charge is 1.94. The SMILES string of the molecule is CCCNCCCNCc1ccon1. The highest BCUT2D eigenvalue weighted by molar-refractivity contribution is 4.93. The van der Waals surface area contributed by atoms with Crippen LogP contribution in [0.25, 0.3) is 0 Å². The van der Waals surface area contributed by atoms with Crippen molar-refractivity contribution in [2.75, 3.05) is 19.6 Å². The molecule has 14 heavy (non-hydrogen) atoms. The van der Waals surface area contributed by atoms with Gasteiger partial charge in [-0.25, -0.2) is 0 Å². The van der Waals surface area contributed by atoms with Crippen LogP contribution in [0.3, 0.4) is 0 Å². The summed E-state index contributed by atoms with van der Waals surface area (Å²) in [6.45, 7) is 6.19. The van der Waals surface area contributed by atoms with Gasteiger partial charge in [-0.1, -0.05) is 12.1 Å². The van der Waals surface area contributed by atoms with Crippen molar-refractivity contribution in [2.45, 2.75) is 26.3 Å². The van der Waals surface area contributed by atoms with Gasteiger partial charge < -0.3 is 15.2 Å². The molecule has 1 rings (SSSR count). The molecule has 0 saturated heterocycles. The van der Waals surface area contributed by atoms with Crippen LogP contribution < -0.4 is 10.6 Å². The van der Waals surface area contributed by atoms with Gasteiger partial charge in [-0.05, 0) is 32.5 Å². The molecule has 4 nitrogen and oxygen atoms in total. The van der Waals surface area contributed by atoms with Crippen molar-refractivity contribution >= 4 is 0 Å². The minimum Gasteiger partial charge on any atom is -0.364 e. The third-order valence-corrected chi connectivity index (χ3v) is 1.93. The summed E-state index contributed by atoms with van der Waals surface area (Å²) in [5.74, 6) is 0. The quantitative estimate of drug-likeness (QED) is 0.614. The fraction of sp³-hybridized carbons (Fsp3) is 0.700. The lowest BCUT2D eigenvalue weighted by Gasteiger charge is -2.03. The van der Waals surface area contributed by atoms with Gasteiger partial charge in [0.05, 0.1) is 5.69 Å². The summed E-state index contributed by atoms with van der Waals surface area (Å²) in [4.78, 5) is 0. The molecule has 0 aromatic carbocycles. The molecule has 0 radical (unpaired) electrons. The van der Waals surface area contributed by atoms with Crippen LogP contribution in [0.4, 0.5) is 0 Å². The molecule has 0 aliphatic heterocycles. The third-order valence-electron chi connectivity index (χ3n) is 1.93. The summed E-state index contributed by atoms with van der Waals surface area (Å²) in [5, 5.41) is 10.5. The van der Waals surface area contributed by atoms with Crippen molar-refractivity contribution in [2.24, 2.45) is 0 Å². The van der Waals surface area contributed by atoms with Gasteiger partial charge in [-0.15, -0.1) is 0 Å². The largest absolute Gasteiger partial charge is 0.364 e. The first-order valence-electron chi connectivity index (χ1n) is 5.24. The van der Waals surface area contributed by atoms with E-state index < -0.39 is 0 Å². The Morgan fingerprint density at radius 2 is 2.14 bits per heavy atom. The zero-order valence-corrected chi connectivity index (χ0v) is 8.75. The molecule has 1 aromatic rings. The minimum atomic E-state index is 0.796. The molecule has 80 valence electrons. The van der Waals surface area contributed by atoms with E-state index in [1.807, 2.05) is 6.07 Å². The summed E-state index contributed by atoms with van der Waals surface area (Å²) in [6.07, 6.45) is 3.95. The van der Waals surface area contributed by atoms with Crippen molar-refractivity contribution in [1.29, 1.82) is 0 Å². The molecule has 0 aliphatic rings. The second-order valence-corrected chi connectivity index (χ2v) is 3.27. The molecular formula is C10H19N3O. The van der Waals surface area contributed by atoms with Gasteiger partial charge in [0.15, 0.2) is 0 Å². The van der Waals surface area contributed by atoms with Gasteiger partial charge in [0.2, 0.25) is 0 Å². The standard InChI is InChI=1S/C10H19N3O/c1-2-5-11-6-3-7-12-9-10-4-8-14-13-10/h4,8,11-12H,2-3,5-7,9H2,1H3. The Bertz CT molecular complexity index is 211. The number of hydrogen-bond donors (Lipinski definition) is 2. The van der Waals surface area contributed by atoms with E-state index in [0.29, 0.717) is 0 Å². The molecule has 0 amide bonds. The molecule has 0 saturated carbocycles. The van der Waals surface area contributed by atoms with E-state index in [1.54, 1.807) is 6.26 Å². The zero-order valence-electron chi connectivity index (χ0n) is 8.75. The number of rotatable bonds is 8. The van der Waals surface area contributed by atoms with Gasteiger partial charge in [0.1, 0.15) is 6.26 Å². The van der Waals surface area contributed by atoms with E-state index in [2.05, 4.69) is 22.7 Å². The Morgan fingerprint density at radius 1 is 1.29 bits per heavy atom. The van der Waals surface area contributed by atoms with Gasteiger partial charge in [-0.2, -0.15) is 0 Å². The Labute approximate surface area is 85.1 Å². The summed E-state index contributed by atoms with van der Waals surface area (Å²) in [7, 11) is 0. The molecule has 0 unspecified atom stereocenters. The predicted octanol–water partition coefficient (Wildman–Crippen LogP) is 1.15. The van der Waals surface area contributed by atoms with Crippen LogP contribution >= 0.6 is 0 Å². The van der Waals surface area contributed by atoms with Gasteiger partial charge in [0, 0.05) is 12.6 Å². The fourth-order valence-electron chi connectivity index (χ4n) is 1.19. The van der Waals surface area contributed by atoms with Crippen LogP contribution in [-0.2, 0) is 6.54 Å². The lowest BCUT2D eigenvalue weighted by Crippen LogP contribution is -2.22. The molecule has 0 bridgehead atoms. The summed E-state index contributed by atoms with van der Waals surface area (Å²) in [6, 6.07) is 1.88. The molecule has 0 fully saturated rings. The number of aromatic nitrogens is 1. The van der Waals surface area contributed by atoms with E-state index in [1.165, 1.54) is 6.42 Å². The summed E-state index contributed by atoms with van der Waals surface area (Å²) in [5.41, 5.74) is 0.964. The van der Waals surface area contributed by atoms with Crippen LogP contribution in [0.1, 0.15) is 25.5 Å². The summed E-state index contributed by atoms with van der Waals surface area (Å²) < 4.78 is 4.72. The molecule has 4 heteroatoms. The highest BCUT2D eigenvalue weighted by atomic mass is 16.5. The Morgan fingerprint density at radius 3 is 2.86 bits per heavy atom. The Hall–Kier alpha value is -0.870. The highest BCUT2D eigenvalue weighted by Crippen LogP contribution is 1.92. The second kappa shape index (κ2) is 7.53. The van der Waals surface area contributed by atoms with Gasteiger partial charge in [-0.3, -0.25) is 0 Å². The van der Waals surface area contributed by atoms with Crippen LogP contribution in [0.2, 0.25) is 0 Å². The zero-order chi connectivity index (χ0) is 10.1. The maximum atomic E-state index is 4.72. The maximum Gasteiger partial charge on any atom is 0.124 e. The Kier molecular flexibility index (Phi) is 6.02. The topological polar surface area (TPSA) is 50.1 Å². The minimum absolute atomic E-state index is 0.796. The third kappa shape index (κ3) is 4.99. The Balaban J connectivity index is 1.85. The number of nitrogens with zero attached hydrogens (tertiary/aromatic N) is 1.